The van der Waals surface area contributed by atoms with E-state index in [-0.39, 0.29) is 29.7 Å². The van der Waals surface area contributed by atoms with E-state index in [4.69, 9.17) is 9.15 Å². The molecule has 0 fully saturated rings. The molecule has 0 radical (unpaired) electrons. The van der Waals surface area contributed by atoms with Crippen molar-refractivity contribution in [3.05, 3.63) is 94.0 Å². The van der Waals surface area contributed by atoms with Crippen molar-refractivity contribution in [2.24, 2.45) is 0 Å². The fourth-order valence-corrected chi connectivity index (χ4v) is 4.72. The van der Waals surface area contributed by atoms with Gasteiger partial charge in [-0.15, -0.1) is 0 Å². The van der Waals surface area contributed by atoms with Gasteiger partial charge in [-0.3, -0.25) is 9.59 Å². The molecule has 1 amide bonds. The Balaban J connectivity index is 1.55. The first-order valence-electron chi connectivity index (χ1n) is 11.1. The number of para-hydroxylation sites is 1. The number of furan rings is 1. The number of fused-ring (bicyclic) bond motifs is 3. The third-order valence-electron chi connectivity index (χ3n) is 6.55. The van der Waals surface area contributed by atoms with Crippen LogP contribution in [0.5, 0.6) is 5.75 Å². The van der Waals surface area contributed by atoms with Crippen LogP contribution < -0.4 is 10.1 Å². The van der Waals surface area contributed by atoms with Gasteiger partial charge in [-0.1, -0.05) is 30.3 Å². The summed E-state index contributed by atoms with van der Waals surface area (Å²) in [6.07, 6.45) is 0.0826. The smallest absolute Gasteiger partial charge is 0.291 e. The maximum atomic E-state index is 13.4. The minimum Gasteiger partial charge on any atom is -0.482 e. The van der Waals surface area contributed by atoms with Crippen molar-refractivity contribution in [3.8, 4) is 5.75 Å². The number of amides is 1. The van der Waals surface area contributed by atoms with Crippen molar-refractivity contribution < 1.29 is 23.1 Å². The predicted molar refractivity (Wildman–Crippen MR) is 128 cm³/mol. The molecule has 0 saturated carbocycles. The molecular weight excluding hydrogens is 433 g/mol. The van der Waals surface area contributed by atoms with Gasteiger partial charge in [-0.25, -0.2) is 4.39 Å². The minimum absolute atomic E-state index is 0.0826. The number of Topliss-reactive ketones (excluding diaryl/α,β-unsaturated/α-hetero) is 1. The summed E-state index contributed by atoms with van der Waals surface area (Å²) in [6.45, 7) is 7.45. The molecule has 1 aromatic heterocycles. The number of aryl methyl sites for hydroxylation is 3. The number of ether oxygens (including phenoxy) is 1. The lowest BCUT2D eigenvalue weighted by Crippen LogP contribution is -2.36. The van der Waals surface area contributed by atoms with Gasteiger partial charge in [0.15, 0.2) is 11.5 Å². The first-order valence-corrected chi connectivity index (χ1v) is 11.1. The average Bonchev–Trinajstić information content (AvgIpc) is 3.13. The fourth-order valence-electron chi connectivity index (χ4n) is 4.72. The highest BCUT2D eigenvalue weighted by atomic mass is 19.1. The minimum atomic E-state index is -0.925. The van der Waals surface area contributed by atoms with Crippen molar-refractivity contribution in [1.29, 1.82) is 0 Å². The Labute approximate surface area is 196 Å². The molecule has 2 heterocycles. The van der Waals surface area contributed by atoms with Crippen LogP contribution in [0.25, 0.3) is 11.0 Å². The van der Waals surface area contributed by atoms with E-state index in [1.807, 2.05) is 39.0 Å². The molecule has 1 atom stereocenters. The number of hydrogen-bond donors (Lipinski definition) is 1. The molecule has 0 bridgehead atoms. The number of rotatable bonds is 3. The summed E-state index contributed by atoms with van der Waals surface area (Å²) in [7, 11) is 0. The Morgan fingerprint density at radius 1 is 1.00 bits per heavy atom. The second-order valence-electron chi connectivity index (χ2n) is 9.03. The topological polar surface area (TPSA) is 68.5 Å². The van der Waals surface area contributed by atoms with Gasteiger partial charge >= 0.3 is 0 Å². The third kappa shape index (κ3) is 3.46. The molecule has 1 N–H and O–H groups in total. The third-order valence-corrected chi connectivity index (χ3v) is 6.55. The van der Waals surface area contributed by atoms with Crippen LogP contribution in [-0.4, -0.2) is 11.7 Å². The summed E-state index contributed by atoms with van der Waals surface area (Å²) < 4.78 is 25.6. The number of hydrogen-bond acceptors (Lipinski definition) is 4. The molecule has 1 aliphatic rings. The zero-order chi connectivity index (χ0) is 24.2. The molecule has 3 aromatic carbocycles. The summed E-state index contributed by atoms with van der Waals surface area (Å²) >= 11 is 0. The van der Waals surface area contributed by atoms with Crippen LogP contribution in [0.1, 0.15) is 56.5 Å². The van der Waals surface area contributed by atoms with Crippen LogP contribution in [0.15, 0.2) is 59.0 Å². The highest BCUT2D eigenvalue weighted by Crippen LogP contribution is 2.44. The van der Waals surface area contributed by atoms with Gasteiger partial charge in [0, 0.05) is 16.6 Å². The molecule has 0 saturated heterocycles. The largest absolute Gasteiger partial charge is 0.482 e. The molecule has 172 valence electrons. The Morgan fingerprint density at radius 3 is 2.35 bits per heavy atom. The summed E-state index contributed by atoms with van der Waals surface area (Å²) in [5.41, 5.74) is 3.86. The van der Waals surface area contributed by atoms with E-state index in [0.717, 1.165) is 16.8 Å². The van der Waals surface area contributed by atoms with Crippen LogP contribution >= 0.6 is 0 Å². The predicted octanol–water partition coefficient (Wildman–Crippen LogP) is 6.63. The molecular formula is C28H24FNO4. The molecule has 0 spiro atoms. The second kappa shape index (κ2) is 7.83. The van der Waals surface area contributed by atoms with Gasteiger partial charge in [0.25, 0.3) is 5.91 Å². The Kier molecular flexibility index (Phi) is 5.04. The van der Waals surface area contributed by atoms with Gasteiger partial charge < -0.3 is 14.5 Å². The number of halogens is 1. The number of carbonyl (C=O) groups is 2. The van der Waals surface area contributed by atoms with Gasteiger partial charge in [0.2, 0.25) is 0 Å². The lowest BCUT2D eigenvalue weighted by molar-refractivity contribution is 0.0507. The Hall–Kier alpha value is -3.93. The van der Waals surface area contributed by atoms with Crippen molar-refractivity contribution in [2.75, 3.05) is 5.32 Å². The molecule has 6 heteroatoms. The van der Waals surface area contributed by atoms with E-state index in [0.29, 0.717) is 33.4 Å². The van der Waals surface area contributed by atoms with Crippen molar-refractivity contribution in [3.63, 3.8) is 0 Å². The molecule has 1 aliphatic heterocycles. The fraction of sp³-hybridized carbons (Fsp3) is 0.214. The molecule has 5 nitrogen and oxygen atoms in total. The lowest BCUT2D eigenvalue weighted by atomic mass is 9.84. The molecule has 4 aromatic rings. The van der Waals surface area contributed by atoms with Crippen LogP contribution in [0.2, 0.25) is 0 Å². The number of ketones is 1. The normalized spacial score (nSPS) is 17.4. The van der Waals surface area contributed by atoms with Crippen molar-refractivity contribution in [1.82, 2.24) is 0 Å². The molecule has 0 unspecified atom stereocenters. The van der Waals surface area contributed by atoms with E-state index in [1.165, 1.54) is 12.1 Å². The van der Waals surface area contributed by atoms with Gasteiger partial charge in [-0.05, 0) is 68.7 Å². The highest BCUT2D eigenvalue weighted by molar-refractivity contribution is 6.15. The van der Waals surface area contributed by atoms with Crippen LogP contribution in [0, 0.1) is 26.6 Å². The number of nitrogens with one attached hydrogen (secondary N) is 1. The summed E-state index contributed by atoms with van der Waals surface area (Å²) in [4.78, 5) is 26.5. The van der Waals surface area contributed by atoms with E-state index in [1.54, 1.807) is 31.2 Å². The lowest BCUT2D eigenvalue weighted by Gasteiger charge is -2.35. The maximum Gasteiger partial charge on any atom is 0.291 e. The molecule has 34 heavy (non-hydrogen) atoms. The highest BCUT2D eigenvalue weighted by Gasteiger charge is 2.40. The van der Waals surface area contributed by atoms with Crippen molar-refractivity contribution in [2.45, 2.75) is 39.7 Å². The summed E-state index contributed by atoms with van der Waals surface area (Å²) in [5.74, 6) is -0.270. The second-order valence-corrected chi connectivity index (χ2v) is 9.03. The van der Waals surface area contributed by atoms with Crippen LogP contribution in [0.3, 0.4) is 0 Å². The van der Waals surface area contributed by atoms with Gasteiger partial charge in [0.1, 0.15) is 22.8 Å². The first kappa shape index (κ1) is 21.9. The molecule has 5 rings (SSSR count). The maximum absolute atomic E-state index is 13.4. The molecule has 0 aliphatic carbocycles. The number of benzene rings is 3. The van der Waals surface area contributed by atoms with E-state index >= 15 is 0 Å². The van der Waals surface area contributed by atoms with E-state index < -0.39 is 5.60 Å². The monoisotopic (exact) mass is 457 g/mol. The van der Waals surface area contributed by atoms with Gasteiger partial charge in [-0.2, -0.15) is 0 Å². The zero-order valence-electron chi connectivity index (χ0n) is 19.4. The van der Waals surface area contributed by atoms with E-state index in [2.05, 4.69) is 5.32 Å². The Bertz CT molecular complexity index is 1450. The standard InChI is InChI=1S/C28H24FNO4/c1-15-6-5-7-16(2)25(15)30-27(32)26-17(3)23-21(33-26)12-13-22-24(23)20(31)14-28(4,34-22)18-8-10-19(29)11-9-18/h5-13H,14H2,1-4H3,(H,30,32)/t28-/m0/s1. The SMILES string of the molecule is Cc1cccc(C)c1NC(=O)c1oc2ccc3c(c2c1C)C(=O)C[C@@](C)(c1ccc(F)cc1)O3. The zero-order valence-corrected chi connectivity index (χ0v) is 19.4. The van der Waals surface area contributed by atoms with E-state index in [9.17, 15) is 14.0 Å². The summed E-state index contributed by atoms with van der Waals surface area (Å²) in [6, 6.07) is 15.2. The average molecular weight is 458 g/mol. The quantitative estimate of drug-likeness (QED) is 0.375. The number of anilines is 1. The number of carbonyl (C=O) groups excluding carboxylic acids is 2. The van der Waals surface area contributed by atoms with Crippen LogP contribution in [-0.2, 0) is 5.60 Å². The van der Waals surface area contributed by atoms with Crippen molar-refractivity contribution >= 4 is 28.3 Å². The first-order chi connectivity index (χ1) is 16.2. The Morgan fingerprint density at radius 2 is 1.68 bits per heavy atom. The van der Waals surface area contributed by atoms with Crippen LogP contribution in [0.4, 0.5) is 10.1 Å². The summed E-state index contributed by atoms with van der Waals surface area (Å²) in [5, 5.41) is 3.53. The van der Waals surface area contributed by atoms with Gasteiger partial charge in [0.05, 0.1) is 12.0 Å².